The fourth-order valence-electron chi connectivity index (χ4n) is 1.07. The Morgan fingerprint density at radius 3 is 2.85 bits per heavy atom. The third-order valence-electron chi connectivity index (χ3n) is 1.85. The number of anilines is 1. The molecule has 0 bridgehead atoms. The highest BCUT2D eigenvalue weighted by Crippen LogP contribution is 2.23. The van der Waals surface area contributed by atoms with Crippen molar-refractivity contribution in [1.82, 2.24) is 25.4 Å². The number of H-pyrrole nitrogens is 2. The van der Waals surface area contributed by atoms with Crippen LogP contribution in [0.4, 0.5) is 5.13 Å². The van der Waals surface area contributed by atoms with Gasteiger partial charge in [-0.2, -0.15) is 5.10 Å². The molecule has 2 rings (SSSR count). The minimum absolute atomic E-state index is 0.0156. The molecule has 9 nitrogen and oxygen atoms in total. The second-order valence-electron chi connectivity index (χ2n) is 3.23. The minimum Gasteiger partial charge on any atom is -0.300 e. The maximum absolute atomic E-state index is 11.6. The summed E-state index contributed by atoms with van der Waals surface area (Å²) >= 11 is 3.60. The molecule has 0 aliphatic carbocycles. The third kappa shape index (κ3) is 3.91. The average Bonchev–Trinajstić information content (AvgIpc) is 2.85. The van der Waals surface area contributed by atoms with Gasteiger partial charge in [0.15, 0.2) is 9.37 Å². The van der Waals surface area contributed by atoms with E-state index in [9.17, 15) is 14.4 Å². The average molecular weight is 332 g/mol. The normalized spacial score (nSPS) is 10.4. The first-order valence-corrected chi connectivity index (χ1v) is 8.10. The lowest BCUT2D eigenvalue weighted by Gasteiger charge is -1.99. The third-order valence-corrected chi connectivity index (χ3v) is 4.62. The second kappa shape index (κ2) is 6.67. The Hall–Kier alpha value is -1.66. The van der Waals surface area contributed by atoms with E-state index in [1.807, 2.05) is 11.2 Å². The summed E-state index contributed by atoms with van der Waals surface area (Å²) in [5, 5.41) is 16.2. The molecule has 2 aromatic rings. The zero-order chi connectivity index (χ0) is 14.5. The van der Waals surface area contributed by atoms with Crippen LogP contribution in [0.15, 0.2) is 19.0 Å². The Labute approximate surface area is 124 Å². The zero-order valence-electron chi connectivity index (χ0n) is 10.00. The van der Waals surface area contributed by atoms with Crippen molar-refractivity contribution in [2.45, 2.75) is 9.37 Å². The first-order chi connectivity index (χ1) is 9.58. The molecule has 0 unspecified atom stereocenters. The highest BCUT2D eigenvalue weighted by molar-refractivity contribution is 8.00. The number of nitrogens with zero attached hydrogens (tertiary/aromatic N) is 3. The number of aromatic amines is 2. The fraction of sp³-hybridized carbons (Fsp3) is 0.250. The maximum atomic E-state index is 11.6. The molecule has 0 spiro atoms. The molecule has 20 heavy (non-hydrogen) atoms. The van der Waals surface area contributed by atoms with E-state index in [0.29, 0.717) is 5.13 Å². The molecule has 0 saturated heterocycles. The Morgan fingerprint density at radius 2 is 2.20 bits per heavy atom. The summed E-state index contributed by atoms with van der Waals surface area (Å²) in [6, 6.07) is 0. The van der Waals surface area contributed by atoms with Crippen LogP contribution in [0, 0.1) is 0 Å². The maximum Gasteiger partial charge on any atom is 0.342 e. The number of thioether (sulfide) groups is 2. The van der Waals surface area contributed by atoms with Gasteiger partial charge in [-0.05, 0) is 6.26 Å². The molecule has 1 amide bonds. The molecular weight excluding hydrogens is 324 g/mol. The molecule has 0 radical (unpaired) electrons. The predicted octanol–water partition coefficient (Wildman–Crippen LogP) is -0.238. The molecule has 0 fully saturated rings. The van der Waals surface area contributed by atoms with Gasteiger partial charge in [0.25, 0.3) is 5.56 Å². The van der Waals surface area contributed by atoms with E-state index >= 15 is 0 Å². The minimum atomic E-state index is -0.692. The van der Waals surface area contributed by atoms with Gasteiger partial charge in [0.2, 0.25) is 11.0 Å². The summed E-state index contributed by atoms with van der Waals surface area (Å²) < 4.78 is 0.742. The van der Waals surface area contributed by atoms with Crippen LogP contribution in [-0.4, -0.2) is 43.3 Å². The molecule has 2 aromatic heterocycles. The number of carbonyl (C=O) groups excluding carboxylic acids is 1. The SMILES string of the molecule is CSc1nnc(NC(=O)CSc2n[nH]c(=O)[nH]c2=O)s1. The first kappa shape index (κ1) is 14.7. The Balaban J connectivity index is 1.92. The van der Waals surface area contributed by atoms with E-state index in [-0.39, 0.29) is 16.7 Å². The topological polar surface area (TPSA) is 133 Å². The number of aromatic nitrogens is 5. The van der Waals surface area contributed by atoms with E-state index in [2.05, 4.69) is 25.7 Å². The zero-order valence-corrected chi connectivity index (χ0v) is 12.4. The molecule has 2 heterocycles. The number of rotatable bonds is 5. The summed E-state index contributed by atoms with van der Waals surface area (Å²) in [5.41, 5.74) is -1.32. The first-order valence-electron chi connectivity index (χ1n) is 5.07. The van der Waals surface area contributed by atoms with Gasteiger partial charge in [-0.15, -0.1) is 10.2 Å². The van der Waals surface area contributed by atoms with Crippen molar-refractivity contribution in [3.05, 3.63) is 20.8 Å². The number of hydrogen-bond donors (Lipinski definition) is 3. The summed E-state index contributed by atoms with van der Waals surface area (Å²) in [4.78, 5) is 35.8. The smallest absolute Gasteiger partial charge is 0.300 e. The number of amides is 1. The quantitative estimate of drug-likeness (QED) is 0.505. The highest BCUT2D eigenvalue weighted by atomic mass is 32.2. The van der Waals surface area contributed by atoms with Gasteiger partial charge in [-0.25, -0.2) is 9.89 Å². The molecule has 106 valence electrons. The van der Waals surface area contributed by atoms with Crippen molar-refractivity contribution in [2.75, 3.05) is 17.3 Å². The van der Waals surface area contributed by atoms with Gasteiger partial charge in [-0.3, -0.25) is 19.9 Å². The summed E-state index contributed by atoms with van der Waals surface area (Å²) in [6.45, 7) is 0. The molecule has 0 aliphatic heterocycles. The highest BCUT2D eigenvalue weighted by Gasteiger charge is 2.10. The van der Waals surface area contributed by atoms with Crippen LogP contribution >= 0.6 is 34.9 Å². The Kier molecular flexibility index (Phi) is 4.92. The molecule has 0 atom stereocenters. The van der Waals surface area contributed by atoms with Crippen LogP contribution in [0.25, 0.3) is 0 Å². The van der Waals surface area contributed by atoms with Gasteiger partial charge in [0.1, 0.15) is 0 Å². The van der Waals surface area contributed by atoms with Gasteiger partial charge < -0.3 is 0 Å². The van der Waals surface area contributed by atoms with Crippen LogP contribution in [0.3, 0.4) is 0 Å². The van der Waals surface area contributed by atoms with Crippen LogP contribution in [0.2, 0.25) is 0 Å². The van der Waals surface area contributed by atoms with E-state index in [4.69, 9.17) is 0 Å². The summed E-state index contributed by atoms with van der Waals surface area (Å²) in [5.74, 6) is -0.373. The van der Waals surface area contributed by atoms with E-state index in [0.717, 1.165) is 16.1 Å². The van der Waals surface area contributed by atoms with Gasteiger partial charge in [0, 0.05) is 0 Å². The van der Waals surface area contributed by atoms with Crippen LogP contribution in [-0.2, 0) is 4.79 Å². The number of carbonyl (C=O) groups is 1. The van der Waals surface area contributed by atoms with E-state index in [1.54, 1.807) is 0 Å². The Bertz CT molecular complexity index is 722. The lowest BCUT2D eigenvalue weighted by Crippen LogP contribution is -2.25. The van der Waals surface area contributed by atoms with Crippen molar-refractivity contribution >= 4 is 45.9 Å². The Morgan fingerprint density at radius 1 is 1.40 bits per heavy atom. The van der Waals surface area contributed by atoms with Gasteiger partial charge in [0.05, 0.1) is 5.75 Å². The lowest BCUT2D eigenvalue weighted by atomic mass is 10.7. The standard InChI is InChI=1S/C8H8N6O3S3/c1-18-8-14-13-7(20-8)9-3(15)2-19-5-4(16)10-6(17)12-11-5/h2H2,1H3,(H,9,13,15)(H2,10,12,16,17). The number of nitrogens with one attached hydrogen (secondary N) is 3. The predicted molar refractivity (Wildman–Crippen MR) is 76.5 cm³/mol. The molecular formula is C8H8N6O3S3. The summed E-state index contributed by atoms with van der Waals surface area (Å²) in [7, 11) is 0. The largest absolute Gasteiger partial charge is 0.342 e. The summed E-state index contributed by atoms with van der Waals surface area (Å²) in [6.07, 6.45) is 1.86. The van der Waals surface area contributed by atoms with Gasteiger partial charge >= 0.3 is 5.69 Å². The van der Waals surface area contributed by atoms with Crippen LogP contribution in [0.1, 0.15) is 0 Å². The van der Waals surface area contributed by atoms with Crippen molar-refractivity contribution in [2.24, 2.45) is 0 Å². The number of hydrogen-bond acceptors (Lipinski definition) is 9. The van der Waals surface area contributed by atoms with Crippen LogP contribution < -0.4 is 16.6 Å². The molecule has 0 aromatic carbocycles. The van der Waals surface area contributed by atoms with Crippen molar-refractivity contribution in [3.8, 4) is 0 Å². The fourth-order valence-corrected chi connectivity index (χ4v) is 2.89. The molecule has 0 saturated carbocycles. The monoisotopic (exact) mass is 332 g/mol. The molecule has 3 N–H and O–H groups in total. The molecule has 0 aliphatic rings. The molecule has 12 heteroatoms. The van der Waals surface area contributed by atoms with Gasteiger partial charge in [-0.1, -0.05) is 34.9 Å². The van der Waals surface area contributed by atoms with Crippen LogP contribution in [0.5, 0.6) is 0 Å². The van der Waals surface area contributed by atoms with Crippen molar-refractivity contribution in [3.63, 3.8) is 0 Å². The van der Waals surface area contributed by atoms with E-state index < -0.39 is 11.2 Å². The van der Waals surface area contributed by atoms with Crippen molar-refractivity contribution in [1.29, 1.82) is 0 Å². The van der Waals surface area contributed by atoms with Crippen molar-refractivity contribution < 1.29 is 4.79 Å². The second-order valence-corrected chi connectivity index (χ2v) is 6.22. The lowest BCUT2D eigenvalue weighted by molar-refractivity contribution is -0.113. The van der Waals surface area contributed by atoms with E-state index in [1.165, 1.54) is 23.1 Å².